The molecule has 1 unspecified atom stereocenters. The minimum Gasteiger partial charge on any atom is -0.375 e. The quantitative estimate of drug-likeness (QED) is 0.655. The first kappa shape index (κ1) is 21.7. The van der Waals surface area contributed by atoms with Gasteiger partial charge in [0.05, 0.1) is 5.60 Å². The Kier molecular flexibility index (Phi) is 6.61. The number of carbonyl (C=O) groups excluding carboxylic acids is 1. The van der Waals surface area contributed by atoms with E-state index in [0.29, 0.717) is 24.7 Å². The lowest BCUT2D eigenvalue weighted by Gasteiger charge is -2.41. The molecule has 1 N–H and O–H groups in total. The summed E-state index contributed by atoms with van der Waals surface area (Å²) in [5.41, 5.74) is 1.91. The van der Waals surface area contributed by atoms with Gasteiger partial charge in [0, 0.05) is 41.7 Å². The highest BCUT2D eigenvalue weighted by molar-refractivity contribution is 6.30. The summed E-state index contributed by atoms with van der Waals surface area (Å²) in [6, 6.07) is 7.77. The summed E-state index contributed by atoms with van der Waals surface area (Å²) in [7, 11) is 0. The summed E-state index contributed by atoms with van der Waals surface area (Å²) in [5, 5.41) is 3.91. The van der Waals surface area contributed by atoms with Crippen molar-refractivity contribution in [1.82, 2.24) is 10.2 Å². The zero-order valence-electron chi connectivity index (χ0n) is 17.8. The molecule has 0 bridgehead atoms. The fraction of sp³-hybridized carbons (Fsp3) is 0.542. The summed E-state index contributed by atoms with van der Waals surface area (Å²) in [6.45, 7) is 10.6. The van der Waals surface area contributed by atoms with Crippen LogP contribution in [0, 0.1) is 17.3 Å². The molecule has 2 fully saturated rings. The molecule has 2 aliphatic heterocycles. The van der Waals surface area contributed by atoms with E-state index in [-0.39, 0.29) is 23.1 Å². The number of nitrogens with one attached hydrogen (secondary N) is 1. The maximum Gasteiger partial charge on any atom is 0.317 e. The molecule has 1 aromatic carbocycles. The van der Waals surface area contributed by atoms with Crippen molar-refractivity contribution in [1.29, 1.82) is 0 Å². The van der Waals surface area contributed by atoms with Gasteiger partial charge in [-0.2, -0.15) is 0 Å². The highest BCUT2D eigenvalue weighted by Crippen LogP contribution is 2.34. The summed E-state index contributed by atoms with van der Waals surface area (Å²) in [4.78, 5) is 14.8. The second-order valence-corrected chi connectivity index (χ2v) is 9.69. The lowest BCUT2D eigenvalue weighted by Crippen LogP contribution is -2.53. The molecule has 3 rings (SSSR count). The number of amides is 2. The van der Waals surface area contributed by atoms with Crippen molar-refractivity contribution in [3.8, 4) is 11.8 Å². The first-order chi connectivity index (χ1) is 13.6. The maximum atomic E-state index is 12.8. The third-order valence-electron chi connectivity index (χ3n) is 5.71. The lowest BCUT2D eigenvalue weighted by molar-refractivity contribution is -0.0616. The first-order valence-corrected chi connectivity index (χ1v) is 10.7. The Bertz CT molecular complexity index is 848. The number of ether oxygens (including phenoxy) is 1. The number of rotatable bonds is 1. The molecule has 0 spiro atoms. The SMILES string of the molecule is CC1(C)CC(NC(=O)N2CC/C(=C\C#Cc3cccc(Cl)c3)C(C)(C)C2)CCO1. The largest absolute Gasteiger partial charge is 0.375 e. The van der Waals surface area contributed by atoms with Crippen LogP contribution >= 0.6 is 11.6 Å². The predicted molar refractivity (Wildman–Crippen MR) is 118 cm³/mol. The third kappa shape index (κ3) is 6.01. The zero-order chi connectivity index (χ0) is 21.1. The number of nitrogens with zero attached hydrogens (tertiary/aromatic N) is 1. The standard InChI is InChI=1S/C24H31ClN2O2/c1-23(2)17-27(22(28)26-21-12-14-29-24(3,4)16-21)13-11-19(23)9-5-7-18-8-6-10-20(25)15-18/h6,8-10,15,21H,11-14,16-17H2,1-4H3,(H,26,28)/b19-9+. The van der Waals surface area contributed by atoms with Crippen LogP contribution in [-0.4, -0.2) is 42.3 Å². The highest BCUT2D eigenvalue weighted by Gasteiger charge is 2.35. The van der Waals surface area contributed by atoms with Gasteiger partial charge in [-0.05, 0) is 57.4 Å². The summed E-state index contributed by atoms with van der Waals surface area (Å²) in [5.74, 6) is 6.32. The van der Waals surface area contributed by atoms with Gasteiger partial charge in [-0.1, -0.05) is 48.9 Å². The molecule has 2 heterocycles. The Morgan fingerprint density at radius 3 is 2.83 bits per heavy atom. The smallest absolute Gasteiger partial charge is 0.317 e. The fourth-order valence-corrected chi connectivity index (χ4v) is 4.28. The van der Waals surface area contributed by atoms with Crippen LogP contribution in [0.15, 0.2) is 35.9 Å². The summed E-state index contributed by atoms with van der Waals surface area (Å²) >= 11 is 6.02. The minimum absolute atomic E-state index is 0.0323. The van der Waals surface area contributed by atoms with E-state index < -0.39 is 0 Å². The Balaban J connectivity index is 1.60. The van der Waals surface area contributed by atoms with Gasteiger partial charge in [-0.15, -0.1) is 0 Å². The Morgan fingerprint density at radius 1 is 1.34 bits per heavy atom. The average Bonchev–Trinajstić information content (AvgIpc) is 2.62. The molecule has 0 radical (unpaired) electrons. The van der Waals surface area contributed by atoms with Crippen molar-refractivity contribution in [2.45, 2.75) is 58.6 Å². The maximum absolute atomic E-state index is 12.8. The Hall–Kier alpha value is -1.96. The van der Waals surface area contributed by atoms with Gasteiger partial charge in [0.25, 0.3) is 0 Å². The lowest BCUT2D eigenvalue weighted by atomic mass is 9.79. The fourth-order valence-electron chi connectivity index (χ4n) is 4.09. The van der Waals surface area contributed by atoms with Crippen LogP contribution < -0.4 is 5.32 Å². The van der Waals surface area contributed by atoms with E-state index in [1.807, 2.05) is 35.2 Å². The number of carbonyl (C=O) groups is 1. The van der Waals surface area contributed by atoms with Crippen LogP contribution in [0.3, 0.4) is 0 Å². The molecule has 156 valence electrons. The van der Waals surface area contributed by atoms with Crippen LogP contribution in [0.4, 0.5) is 4.79 Å². The molecule has 5 heteroatoms. The number of piperidine rings is 1. The second-order valence-electron chi connectivity index (χ2n) is 9.25. The molecule has 2 amide bonds. The topological polar surface area (TPSA) is 41.6 Å². The van der Waals surface area contributed by atoms with Crippen molar-refractivity contribution in [2.24, 2.45) is 5.41 Å². The number of urea groups is 1. The zero-order valence-corrected chi connectivity index (χ0v) is 18.6. The van der Waals surface area contributed by atoms with Crippen LogP contribution in [0.25, 0.3) is 0 Å². The molecule has 1 aromatic rings. The second kappa shape index (κ2) is 8.81. The van der Waals surface area contributed by atoms with E-state index in [4.69, 9.17) is 16.3 Å². The number of hydrogen-bond donors (Lipinski definition) is 1. The van der Waals surface area contributed by atoms with E-state index >= 15 is 0 Å². The number of halogens is 1. The molecule has 2 aliphatic rings. The van der Waals surface area contributed by atoms with Crippen LogP contribution in [0.1, 0.15) is 52.5 Å². The van der Waals surface area contributed by atoms with Gasteiger partial charge in [0.1, 0.15) is 0 Å². The van der Waals surface area contributed by atoms with E-state index in [9.17, 15) is 4.79 Å². The van der Waals surface area contributed by atoms with Gasteiger partial charge >= 0.3 is 6.03 Å². The molecule has 0 aliphatic carbocycles. The Morgan fingerprint density at radius 2 is 2.14 bits per heavy atom. The molecule has 1 atom stereocenters. The molecule has 2 saturated heterocycles. The van der Waals surface area contributed by atoms with Gasteiger partial charge in [-0.3, -0.25) is 0 Å². The predicted octanol–water partition coefficient (Wildman–Crippen LogP) is 5.02. The number of hydrogen-bond acceptors (Lipinski definition) is 2. The monoisotopic (exact) mass is 414 g/mol. The van der Waals surface area contributed by atoms with Crippen molar-refractivity contribution in [3.05, 3.63) is 46.5 Å². The van der Waals surface area contributed by atoms with Crippen LogP contribution in [-0.2, 0) is 4.74 Å². The van der Waals surface area contributed by atoms with Crippen LogP contribution in [0.2, 0.25) is 5.02 Å². The molecule has 4 nitrogen and oxygen atoms in total. The minimum atomic E-state index is -0.172. The van der Waals surface area contributed by atoms with E-state index in [1.165, 1.54) is 5.57 Å². The number of benzene rings is 1. The van der Waals surface area contributed by atoms with Gasteiger partial charge < -0.3 is 15.0 Å². The third-order valence-corrected chi connectivity index (χ3v) is 5.94. The van der Waals surface area contributed by atoms with E-state index in [0.717, 1.165) is 24.8 Å². The van der Waals surface area contributed by atoms with Gasteiger partial charge in [0.2, 0.25) is 0 Å². The molecule has 29 heavy (non-hydrogen) atoms. The van der Waals surface area contributed by atoms with E-state index in [2.05, 4.69) is 44.9 Å². The molecule has 0 aromatic heterocycles. The van der Waals surface area contributed by atoms with Gasteiger partial charge in [0.15, 0.2) is 0 Å². The van der Waals surface area contributed by atoms with Crippen molar-refractivity contribution in [2.75, 3.05) is 19.7 Å². The van der Waals surface area contributed by atoms with Crippen LogP contribution in [0.5, 0.6) is 0 Å². The van der Waals surface area contributed by atoms with Gasteiger partial charge in [-0.25, -0.2) is 4.79 Å². The number of likely N-dealkylation sites (tertiary alicyclic amines) is 1. The van der Waals surface area contributed by atoms with Crippen molar-refractivity contribution >= 4 is 17.6 Å². The molecular formula is C24H31ClN2O2. The Labute approximate surface area is 179 Å². The van der Waals surface area contributed by atoms with Crippen molar-refractivity contribution in [3.63, 3.8) is 0 Å². The number of allylic oxidation sites excluding steroid dienone is 1. The summed E-state index contributed by atoms with van der Waals surface area (Å²) in [6.07, 6.45) is 4.57. The average molecular weight is 415 g/mol. The molecule has 0 saturated carbocycles. The molecular weight excluding hydrogens is 384 g/mol. The summed E-state index contributed by atoms with van der Waals surface area (Å²) < 4.78 is 5.75. The van der Waals surface area contributed by atoms with E-state index in [1.54, 1.807) is 0 Å². The van der Waals surface area contributed by atoms with Crippen molar-refractivity contribution < 1.29 is 9.53 Å². The first-order valence-electron chi connectivity index (χ1n) is 10.3. The normalized spacial score (nSPS) is 24.5. The highest BCUT2D eigenvalue weighted by atomic mass is 35.5.